The Kier molecular flexibility index (Phi) is 3.16. The van der Waals surface area contributed by atoms with Crippen LogP contribution in [-0.2, 0) is 4.74 Å². The Morgan fingerprint density at radius 2 is 2.20 bits per heavy atom. The molecule has 20 heavy (non-hydrogen) atoms. The van der Waals surface area contributed by atoms with E-state index in [0.717, 1.165) is 16.5 Å². The highest BCUT2D eigenvalue weighted by Gasteiger charge is 2.14. The Morgan fingerprint density at radius 3 is 3.05 bits per heavy atom. The Bertz CT molecular complexity index is 764. The average molecular weight is 268 g/mol. The molecule has 0 unspecified atom stereocenters. The molecule has 3 rings (SSSR count). The summed E-state index contributed by atoms with van der Waals surface area (Å²) >= 11 is 0. The minimum Gasteiger partial charge on any atom is -0.461 e. The van der Waals surface area contributed by atoms with Crippen LogP contribution in [0.3, 0.4) is 0 Å². The molecule has 0 N–H and O–H groups in total. The highest BCUT2D eigenvalue weighted by Crippen LogP contribution is 2.24. The van der Waals surface area contributed by atoms with Gasteiger partial charge >= 0.3 is 5.97 Å². The predicted molar refractivity (Wildman–Crippen MR) is 73.2 cm³/mol. The molecule has 0 atom stereocenters. The van der Waals surface area contributed by atoms with Crippen molar-refractivity contribution in [1.82, 2.24) is 10.1 Å². The van der Waals surface area contributed by atoms with Crippen LogP contribution in [0.4, 0.5) is 0 Å². The second-order valence-electron chi connectivity index (χ2n) is 4.21. The number of esters is 1. The second kappa shape index (κ2) is 5.13. The Balaban J connectivity index is 1.96. The summed E-state index contributed by atoms with van der Waals surface area (Å²) in [6.07, 6.45) is 1.75. The summed E-state index contributed by atoms with van der Waals surface area (Å²) in [4.78, 5) is 15.8. The van der Waals surface area contributed by atoms with Gasteiger partial charge < -0.3 is 9.26 Å². The van der Waals surface area contributed by atoms with Gasteiger partial charge in [-0.1, -0.05) is 11.2 Å². The predicted octanol–water partition coefficient (Wildman–Crippen LogP) is 3.07. The fourth-order valence-corrected chi connectivity index (χ4v) is 1.94. The molecule has 100 valence electrons. The lowest BCUT2D eigenvalue weighted by Gasteiger charge is -1.99. The third-order valence-electron chi connectivity index (χ3n) is 2.88. The van der Waals surface area contributed by atoms with Crippen LogP contribution < -0.4 is 0 Å². The van der Waals surface area contributed by atoms with Gasteiger partial charge in [0.1, 0.15) is 0 Å². The molecule has 3 aromatic rings. The van der Waals surface area contributed by atoms with Crippen LogP contribution in [0, 0.1) is 0 Å². The first-order valence-electron chi connectivity index (χ1n) is 6.27. The molecule has 5 nitrogen and oxygen atoms in total. The maximum Gasteiger partial charge on any atom is 0.360 e. The zero-order valence-corrected chi connectivity index (χ0v) is 10.9. The standard InChI is InChI=1S/C15H12N2O3/c1-2-19-15(18)13-9-14(20-17-13)11-5-6-12-10(8-11)4-3-7-16-12/h3-9H,2H2,1H3. The number of carbonyl (C=O) groups excluding carboxylic acids is 1. The number of ether oxygens (including phenoxy) is 1. The molecule has 0 bridgehead atoms. The largest absolute Gasteiger partial charge is 0.461 e. The van der Waals surface area contributed by atoms with E-state index in [9.17, 15) is 4.79 Å². The van der Waals surface area contributed by atoms with Gasteiger partial charge in [0.15, 0.2) is 11.5 Å². The molecular weight excluding hydrogens is 256 g/mol. The zero-order valence-electron chi connectivity index (χ0n) is 10.9. The van der Waals surface area contributed by atoms with Crippen LogP contribution in [0.25, 0.3) is 22.2 Å². The summed E-state index contributed by atoms with van der Waals surface area (Å²) in [6, 6.07) is 11.1. The lowest BCUT2D eigenvalue weighted by molar-refractivity contribution is 0.0514. The van der Waals surface area contributed by atoms with Crippen molar-refractivity contribution < 1.29 is 14.1 Å². The van der Waals surface area contributed by atoms with Crippen molar-refractivity contribution in [2.24, 2.45) is 0 Å². The monoisotopic (exact) mass is 268 g/mol. The molecule has 0 aliphatic heterocycles. The SMILES string of the molecule is CCOC(=O)c1cc(-c2ccc3ncccc3c2)on1. The number of carbonyl (C=O) groups is 1. The molecule has 0 aliphatic rings. The van der Waals surface area contributed by atoms with Crippen LogP contribution in [0.5, 0.6) is 0 Å². The molecule has 0 saturated carbocycles. The Morgan fingerprint density at radius 1 is 1.30 bits per heavy atom. The molecule has 2 heterocycles. The van der Waals surface area contributed by atoms with Gasteiger partial charge in [-0.3, -0.25) is 4.98 Å². The lowest BCUT2D eigenvalue weighted by atomic mass is 10.1. The van der Waals surface area contributed by atoms with E-state index in [4.69, 9.17) is 9.26 Å². The number of aromatic nitrogens is 2. The molecule has 0 radical (unpaired) electrons. The van der Waals surface area contributed by atoms with Crippen LogP contribution in [0.2, 0.25) is 0 Å². The number of rotatable bonds is 3. The molecule has 0 amide bonds. The molecule has 0 fully saturated rings. The van der Waals surface area contributed by atoms with Crippen LogP contribution >= 0.6 is 0 Å². The smallest absolute Gasteiger partial charge is 0.360 e. The van der Waals surface area contributed by atoms with E-state index in [1.54, 1.807) is 19.2 Å². The maximum atomic E-state index is 11.5. The van der Waals surface area contributed by atoms with Crippen molar-refractivity contribution in [2.45, 2.75) is 6.92 Å². The van der Waals surface area contributed by atoms with Gasteiger partial charge in [0.05, 0.1) is 12.1 Å². The van der Waals surface area contributed by atoms with E-state index in [2.05, 4.69) is 10.1 Å². The lowest BCUT2D eigenvalue weighted by Crippen LogP contribution is -2.04. The minimum atomic E-state index is -0.482. The first-order chi connectivity index (χ1) is 9.78. The van der Waals surface area contributed by atoms with Crippen LogP contribution in [0.1, 0.15) is 17.4 Å². The third-order valence-corrected chi connectivity index (χ3v) is 2.88. The Labute approximate surface area is 115 Å². The van der Waals surface area contributed by atoms with Crippen molar-refractivity contribution in [3.63, 3.8) is 0 Å². The topological polar surface area (TPSA) is 65.2 Å². The van der Waals surface area contributed by atoms with Gasteiger partial charge in [0.2, 0.25) is 0 Å². The van der Waals surface area contributed by atoms with Crippen LogP contribution in [-0.4, -0.2) is 22.7 Å². The number of nitrogens with zero attached hydrogens (tertiary/aromatic N) is 2. The van der Waals surface area contributed by atoms with E-state index in [1.807, 2.05) is 30.3 Å². The van der Waals surface area contributed by atoms with Crippen molar-refractivity contribution in [1.29, 1.82) is 0 Å². The molecule has 0 aliphatic carbocycles. The number of hydrogen-bond donors (Lipinski definition) is 0. The van der Waals surface area contributed by atoms with E-state index >= 15 is 0 Å². The second-order valence-corrected chi connectivity index (χ2v) is 4.21. The Hall–Kier alpha value is -2.69. The summed E-state index contributed by atoms with van der Waals surface area (Å²) in [7, 11) is 0. The normalized spacial score (nSPS) is 10.7. The number of benzene rings is 1. The van der Waals surface area contributed by atoms with Crippen LogP contribution in [0.15, 0.2) is 47.1 Å². The van der Waals surface area contributed by atoms with E-state index in [-0.39, 0.29) is 5.69 Å². The quantitative estimate of drug-likeness (QED) is 0.683. The summed E-state index contributed by atoms with van der Waals surface area (Å²) in [5, 5.41) is 4.73. The van der Waals surface area contributed by atoms with Crippen molar-refractivity contribution in [3.05, 3.63) is 48.3 Å². The van der Waals surface area contributed by atoms with Gasteiger partial charge in [-0.25, -0.2) is 4.79 Å². The summed E-state index contributed by atoms with van der Waals surface area (Å²) in [5.74, 6) is 0.0451. The minimum absolute atomic E-state index is 0.174. The molecular formula is C15H12N2O3. The third kappa shape index (κ3) is 2.25. The molecule has 5 heteroatoms. The first kappa shape index (κ1) is 12.3. The van der Waals surface area contributed by atoms with Crippen molar-refractivity contribution >= 4 is 16.9 Å². The highest BCUT2D eigenvalue weighted by atomic mass is 16.5. The molecule has 2 aromatic heterocycles. The van der Waals surface area contributed by atoms with E-state index < -0.39 is 5.97 Å². The molecule has 1 aromatic carbocycles. The first-order valence-corrected chi connectivity index (χ1v) is 6.27. The van der Waals surface area contributed by atoms with Gasteiger partial charge in [-0.2, -0.15) is 0 Å². The molecule has 0 saturated heterocycles. The van der Waals surface area contributed by atoms with E-state index in [1.165, 1.54) is 0 Å². The summed E-state index contributed by atoms with van der Waals surface area (Å²) in [5.41, 5.74) is 1.92. The molecule has 0 spiro atoms. The van der Waals surface area contributed by atoms with Crippen molar-refractivity contribution in [3.8, 4) is 11.3 Å². The number of pyridine rings is 1. The van der Waals surface area contributed by atoms with Gasteiger partial charge in [-0.05, 0) is 31.2 Å². The zero-order chi connectivity index (χ0) is 13.9. The van der Waals surface area contributed by atoms with Gasteiger partial charge in [0.25, 0.3) is 0 Å². The fourth-order valence-electron chi connectivity index (χ4n) is 1.94. The fraction of sp³-hybridized carbons (Fsp3) is 0.133. The average Bonchev–Trinajstić information content (AvgIpc) is 2.97. The van der Waals surface area contributed by atoms with Crippen molar-refractivity contribution in [2.75, 3.05) is 6.61 Å². The number of hydrogen-bond acceptors (Lipinski definition) is 5. The van der Waals surface area contributed by atoms with Gasteiger partial charge in [-0.15, -0.1) is 0 Å². The maximum absolute atomic E-state index is 11.5. The summed E-state index contributed by atoms with van der Waals surface area (Å²) in [6.45, 7) is 2.05. The van der Waals surface area contributed by atoms with E-state index in [0.29, 0.717) is 12.4 Å². The highest BCUT2D eigenvalue weighted by molar-refractivity contribution is 5.89. The van der Waals surface area contributed by atoms with Gasteiger partial charge in [0, 0.05) is 23.2 Å². The number of fused-ring (bicyclic) bond motifs is 1. The summed E-state index contributed by atoms with van der Waals surface area (Å²) < 4.78 is 10.1.